The highest BCUT2D eigenvalue weighted by molar-refractivity contribution is 6.36. The van der Waals surface area contributed by atoms with Crippen molar-refractivity contribution in [3.8, 4) is 11.5 Å². The molecular weight excluding hydrogens is 523 g/mol. The van der Waals surface area contributed by atoms with E-state index in [-0.39, 0.29) is 22.9 Å². The van der Waals surface area contributed by atoms with Gasteiger partial charge in [0.15, 0.2) is 6.61 Å². The number of hydrogen-bond acceptors (Lipinski definition) is 5. The number of hydrogen-bond donors (Lipinski definition) is 1. The van der Waals surface area contributed by atoms with E-state index < -0.39 is 11.9 Å². The van der Waals surface area contributed by atoms with Gasteiger partial charge in [0, 0.05) is 10.6 Å². The van der Waals surface area contributed by atoms with E-state index >= 15 is 0 Å². The van der Waals surface area contributed by atoms with E-state index in [9.17, 15) is 9.59 Å². The van der Waals surface area contributed by atoms with Gasteiger partial charge in [-0.2, -0.15) is 5.10 Å². The Balaban J connectivity index is 1.31. The molecule has 0 bridgehead atoms. The molecule has 0 aliphatic heterocycles. The van der Waals surface area contributed by atoms with E-state index in [1.54, 1.807) is 12.1 Å². The molecule has 5 aromatic carbocycles. The molecule has 0 atom stereocenters. The van der Waals surface area contributed by atoms with Crippen LogP contribution >= 0.6 is 23.2 Å². The highest BCUT2D eigenvalue weighted by Crippen LogP contribution is 2.29. The Hall–Kier alpha value is -4.39. The van der Waals surface area contributed by atoms with Crippen LogP contribution in [0.2, 0.25) is 10.0 Å². The summed E-state index contributed by atoms with van der Waals surface area (Å²) in [7, 11) is 0. The molecule has 1 amide bonds. The first-order valence-corrected chi connectivity index (χ1v) is 12.4. The Morgan fingerprint density at radius 2 is 1.55 bits per heavy atom. The third kappa shape index (κ3) is 5.78. The Labute approximate surface area is 228 Å². The number of carbonyl (C=O) groups is 2. The second-order valence-electron chi connectivity index (χ2n) is 8.30. The van der Waals surface area contributed by atoms with Crippen molar-refractivity contribution >= 4 is 62.8 Å². The minimum atomic E-state index is -0.649. The van der Waals surface area contributed by atoms with Gasteiger partial charge in [-0.1, -0.05) is 83.9 Å². The van der Waals surface area contributed by atoms with Crippen molar-refractivity contribution in [2.75, 3.05) is 6.61 Å². The fourth-order valence-electron chi connectivity index (χ4n) is 3.91. The summed E-state index contributed by atoms with van der Waals surface area (Å²) in [6, 6.07) is 29.1. The average molecular weight is 543 g/mol. The number of ether oxygens (including phenoxy) is 2. The molecule has 38 heavy (non-hydrogen) atoms. The molecule has 0 aliphatic carbocycles. The minimum absolute atomic E-state index is 0.172. The number of hydrazone groups is 1. The molecule has 8 heteroatoms. The SMILES string of the molecule is O=C(COc1ccc2ccccc2c1)N/N=C/c1c(OC(=O)c2ccc(Cl)cc2Cl)ccc2ccccc12. The van der Waals surface area contributed by atoms with Crippen molar-refractivity contribution in [3.63, 3.8) is 0 Å². The largest absolute Gasteiger partial charge is 0.484 e. The third-order valence-corrected chi connectivity index (χ3v) is 6.31. The number of esters is 1. The van der Waals surface area contributed by atoms with Gasteiger partial charge in [-0.05, 0) is 57.9 Å². The third-order valence-electron chi connectivity index (χ3n) is 5.76. The molecule has 0 fully saturated rings. The number of carbonyl (C=O) groups excluding carboxylic acids is 2. The number of fused-ring (bicyclic) bond motifs is 2. The van der Waals surface area contributed by atoms with Crippen LogP contribution in [0.15, 0.2) is 102 Å². The molecule has 6 nitrogen and oxygen atoms in total. The van der Waals surface area contributed by atoms with E-state index in [0.717, 1.165) is 21.5 Å². The van der Waals surface area contributed by atoms with Crippen LogP contribution in [0.3, 0.4) is 0 Å². The second kappa shape index (κ2) is 11.3. The van der Waals surface area contributed by atoms with Crippen LogP contribution < -0.4 is 14.9 Å². The van der Waals surface area contributed by atoms with Crippen LogP contribution in [-0.4, -0.2) is 24.7 Å². The van der Waals surface area contributed by atoms with Crippen molar-refractivity contribution in [1.29, 1.82) is 0 Å². The molecule has 5 rings (SSSR count). The van der Waals surface area contributed by atoms with E-state index in [1.165, 1.54) is 18.3 Å². The van der Waals surface area contributed by atoms with Gasteiger partial charge < -0.3 is 9.47 Å². The zero-order chi connectivity index (χ0) is 26.5. The van der Waals surface area contributed by atoms with Gasteiger partial charge in [0.2, 0.25) is 0 Å². The van der Waals surface area contributed by atoms with Crippen molar-refractivity contribution in [1.82, 2.24) is 5.43 Å². The van der Waals surface area contributed by atoms with Gasteiger partial charge in [-0.15, -0.1) is 0 Å². The quantitative estimate of drug-likeness (QED) is 0.103. The topological polar surface area (TPSA) is 77.0 Å². The lowest BCUT2D eigenvalue weighted by atomic mass is 10.0. The number of rotatable bonds is 7. The molecule has 0 aliphatic rings. The van der Waals surface area contributed by atoms with Crippen LogP contribution in [0.25, 0.3) is 21.5 Å². The van der Waals surface area contributed by atoms with E-state index in [1.807, 2.05) is 72.8 Å². The Morgan fingerprint density at radius 3 is 2.37 bits per heavy atom. The van der Waals surface area contributed by atoms with Crippen molar-refractivity contribution < 1.29 is 19.1 Å². The molecule has 5 aromatic rings. The maximum Gasteiger partial charge on any atom is 0.345 e. The molecule has 0 saturated heterocycles. The van der Waals surface area contributed by atoms with E-state index in [0.29, 0.717) is 16.3 Å². The summed E-state index contributed by atoms with van der Waals surface area (Å²) in [5, 5.41) is 8.46. The van der Waals surface area contributed by atoms with Crippen LogP contribution in [-0.2, 0) is 4.79 Å². The summed E-state index contributed by atoms with van der Waals surface area (Å²) >= 11 is 12.1. The van der Waals surface area contributed by atoms with Crippen molar-refractivity contribution in [2.24, 2.45) is 5.10 Å². The average Bonchev–Trinajstić information content (AvgIpc) is 2.92. The molecule has 0 aromatic heterocycles. The summed E-state index contributed by atoms with van der Waals surface area (Å²) in [5.74, 6) is -0.261. The van der Waals surface area contributed by atoms with Crippen LogP contribution in [0.1, 0.15) is 15.9 Å². The maximum absolute atomic E-state index is 12.8. The van der Waals surface area contributed by atoms with Crippen LogP contribution in [0, 0.1) is 0 Å². The van der Waals surface area contributed by atoms with Gasteiger partial charge in [0.25, 0.3) is 5.91 Å². The van der Waals surface area contributed by atoms with Crippen LogP contribution in [0.4, 0.5) is 0 Å². The molecule has 0 radical (unpaired) electrons. The minimum Gasteiger partial charge on any atom is -0.484 e. The van der Waals surface area contributed by atoms with Gasteiger partial charge >= 0.3 is 5.97 Å². The first-order chi connectivity index (χ1) is 18.5. The lowest BCUT2D eigenvalue weighted by molar-refractivity contribution is -0.123. The summed E-state index contributed by atoms with van der Waals surface area (Å²) in [5.41, 5.74) is 3.14. The van der Waals surface area contributed by atoms with Crippen molar-refractivity contribution in [2.45, 2.75) is 0 Å². The lowest BCUT2D eigenvalue weighted by Gasteiger charge is -2.11. The highest BCUT2D eigenvalue weighted by atomic mass is 35.5. The molecule has 0 unspecified atom stereocenters. The predicted molar refractivity (Wildman–Crippen MR) is 151 cm³/mol. The van der Waals surface area contributed by atoms with Gasteiger partial charge in [-0.3, -0.25) is 4.79 Å². The van der Waals surface area contributed by atoms with E-state index in [2.05, 4.69) is 10.5 Å². The molecular formula is C30H20Cl2N2O4. The normalized spacial score (nSPS) is 11.1. The number of amides is 1. The molecule has 188 valence electrons. The Kier molecular flexibility index (Phi) is 7.54. The summed E-state index contributed by atoms with van der Waals surface area (Å²) < 4.78 is 11.3. The Morgan fingerprint density at radius 1 is 0.816 bits per heavy atom. The molecule has 0 saturated carbocycles. The smallest absolute Gasteiger partial charge is 0.345 e. The number of halogens is 2. The fourth-order valence-corrected chi connectivity index (χ4v) is 4.40. The predicted octanol–water partition coefficient (Wildman–Crippen LogP) is 7.05. The van der Waals surface area contributed by atoms with E-state index in [4.69, 9.17) is 32.7 Å². The molecule has 1 N–H and O–H groups in total. The first kappa shape index (κ1) is 25.3. The monoisotopic (exact) mass is 542 g/mol. The molecule has 0 spiro atoms. The second-order valence-corrected chi connectivity index (χ2v) is 9.15. The summed E-state index contributed by atoms with van der Waals surface area (Å²) in [6.07, 6.45) is 1.43. The standard InChI is InChI=1S/C30H20Cl2N2O4/c31-22-11-13-25(27(32)16-22)30(36)38-28-14-10-20-6-3-4-8-24(20)26(28)17-33-34-29(35)18-37-23-12-9-19-5-1-2-7-21(19)15-23/h1-17H,18H2,(H,34,35)/b33-17+. The van der Waals surface area contributed by atoms with Crippen LogP contribution in [0.5, 0.6) is 11.5 Å². The summed E-state index contributed by atoms with van der Waals surface area (Å²) in [4.78, 5) is 25.2. The summed E-state index contributed by atoms with van der Waals surface area (Å²) in [6.45, 7) is -0.220. The van der Waals surface area contributed by atoms with Crippen molar-refractivity contribution in [3.05, 3.63) is 118 Å². The van der Waals surface area contributed by atoms with Gasteiger partial charge in [0.05, 0.1) is 16.8 Å². The zero-order valence-corrected chi connectivity index (χ0v) is 21.4. The fraction of sp³-hybridized carbons (Fsp3) is 0.0333. The molecule has 0 heterocycles. The van der Waals surface area contributed by atoms with Gasteiger partial charge in [-0.25, -0.2) is 10.2 Å². The number of nitrogens with zero attached hydrogens (tertiary/aromatic N) is 1. The highest BCUT2D eigenvalue weighted by Gasteiger charge is 2.16. The number of nitrogens with one attached hydrogen (secondary N) is 1. The van der Waals surface area contributed by atoms with Gasteiger partial charge in [0.1, 0.15) is 11.5 Å². The zero-order valence-electron chi connectivity index (χ0n) is 19.9. The first-order valence-electron chi connectivity index (χ1n) is 11.6. The maximum atomic E-state index is 12.8. The lowest BCUT2D eigenvalue weighted by Crippen LogP contribution is -2.24. The number of benzene rings is 5. The Bertz CT molecular complexity index is 1700.